The lowest BCUT2D eigenvalue weighted by Crippen LogP contribution is -2.38. The van der Waals surface area contributed by atoms with Gasteiger partial charge >= 0.3 is 6.18 Å². The zero-order valence-corrected chi connectivity index (χ0v) is 21.1. The van der Waals surface area contributed by atoms with Crippen molar-refractivity contribution in [1.29, 1.82) is 0 Å². The second-order valence-corrected chi connectivity index (χ2v) is 10.2. The summed E-state index contributed by atoms with van der Waals surface area (Å²) >= 11 is 2.20. The van der Waals surface area contributed by atoms with Crippen LogP contribution in [-0.4, -0.2) is 11.6 Å². The van der Waals surface area contributed by atoms with Gasteiger partial charge in [0, 0.05) is 31.8 Å². The van der Waals surface area contributed by atoms with Crippen LogP contribution in [0.2, 0.25) is 0 Å². The number of thioether (sulfide) groups is 1. The van der Waals surface area contributed by atoms with E-state index >= 15 is 0 Å². The van der Waals surface area contributed by atoms with Crippen molar-refractivity contribution in [3.05, 3.63) is 97.1 Å². The summed E-state index contributed by atoms with van der Waals surface area (Å²) < 4.78 is 76.2. The largest absolute Gasteiger partial charge is 0.450 e. The molecule has 5 rings (SSSR count). The molecule has 0 saturated heterocycles. The number of benzene rings is 1. The summed E-state index contributed by atoms with van der Waals surface area (Å²) in [6.45, 7) is 2.22. The Kier molecular flexibility index (Phi) is 6.48. The zero-order chi connectivity index (χ0) is 26.5. The van der Waals surface area contributed by atoms with Gasteiger partial charge in [-0.25, -0.2) is 8.78 Å². The molecule has 4 aromatic rings. The molecule has 1 aliphatic rings. The van der Waals surface area contributed by atoms with Gasteiger partial charge in [-0.05, 0) is 37.3 Å². The smallest absolute Gasteiger partial charge is 0.449 e. The van der Waals surface area contributed by atoms with Crippen LogP contribution in [0.5, 0.6) is 0 Å². The summed E-state index contributed by atoms with van der Waals surface area (Å²) in [5.41, 5.74) is 0.833. The van der Waals surface area contributed by atoms with Crippen molar-refractivity contribution in [1.82, 2.24) is 4.57 Å². The van der Waals surface area contributed by atoms with Crippen LogP contribution in [0.1, 0.15) is 24.1 Å². The Balaban J connectivity index is 1.59. The fourth-order valence-corrected chi connectivity index (χ4v) is 6.49. The Morgan fingerprint density at radius 2 is 1.89 bits per heavy atom. The number of halogens is 5. The van der Waals surface area contributed by atoms with Gasteiger partial charge in [-0.1, -0.05) is 11.8 Å². The normalized spacial score (nSPS) is 15.5. The van der Waals surface area contributed by atoms with Crippen LogP contribution in [0, 0.1) is 11.6 Å². The number of fused-ring (bicyclic) bond motifs is 1. The van der Waals surface area contributed by atoms with Crippen molar-refractivity contribution >= 4 is 39.9 Å². The lowest BCUT2D eigenvalue weighted by Gasteiger charge is -2.12. The molecule has 0 saturated carbocycles. The molecule has 12 heteroatoms. The highest BCUT2D eigenvalue weighted by atomic mass is 32.2. The number of hydrogen-bond donors (Lipinski definition) is 0. The van der Waals surface area contributed by atoms with Crippen molar-refractivity contribution in [2.75, 3.05) is 11.9 Å². The molecule has 0 N–H and O–H groups in total. The van der Waals surface area contributed by atoms with E-state index in [-0.39, 0.29) is 22.8 Å². The molecule has 0 unspecified atom stereocenters. The predicted octanol–water partition coefficient (Wildman–Crippen LogP) is 4.29. The van der Waals surface area contributed by atoms with Crippen LogP contribution in [0.25, 0.3) is 11.1 Å². The van der Waals surface area contributed by atoms with Crippen molar-refractivity contribution in [2.24, 2.45) is 0 Å². The lowest BCUT2D eigenvalue weighted by atomic mass is 10.3. The molecular weight excluding hydrogens is 533 g/mol. The second-order valence-electron chi connectivity index (χ2n) is 8.16. The summed E-state index contributed by atoms with van der Waals surface area (Å²) in [7, 11) is 1.69. The minimum absolute atomic E-state index is 0.0491. The van der Waals surface area contributed by atoms with E-state index in [9.17, 15) is 26.7 Å². The first kappa shape index (κ1) is 25.3. The molecule has 0 radical (unpaired) electrons. The SMILES string of the molecule is CCn1c(=Cc2cccc[n+]2Cc2ccc(C(F)(F)F)o2)sc(=C2Sc3c(ccc(F)c3F)N2C)c1=O. The Bertz CT molecular complexity index is 1690. The molecule has 3 aromatic heterocycles. The Hall–Kier alpha value is -3.38. The molecule has 0 bridgehead atoms. The van der Waals surface area contributed by atoms with E-state index in [4.69, 9.17) is 4.42 Å². The van der Waals surface area contributed by atoms with Crippen LogP contribution in [-0.2, 0) is 19.3 Å². The third kappa shape index (κ3) is 4.59. The second kappa shape index (κ2) is 9.49. The number of nitrogens with zero attached hydrogens (tertiary/aromatic N) is 3. The first-order valence-electron chi connectivity index (χ1n) is 11.1. The third-order valence-electron chi connectivity index (χ3n) is 5.83. The molecule has 0 fully saturated rings. The summed E-state index contributed by atoms with van der Waals surface area (Å²) in [5, 5.41) is 0.493. The first-order valence-corrected chi connectivity index (χ1v) is 12.7. The standard InChI is InChI=1S/C25H19F5N3O2S2/c1-3-33-19(12-14-6-4-5-11-32(14)13-15-7-10-18(35-15)25(28,29)30)36-22(23(33)34)24-31(2)17-9-8-16(26)20(27)21(17)37-24/h4-12H,3,13H2,1-2H3/q+1. The van der Waals surface area contributed by atoms with Gasteiger partial charge in [0.05, 0.1) is 10.6 Å². The Morgan fingerprint density at radius 1 is 1.11 bits per heavy atom. The number of pyridine rings is 1. The molecule has 1 aliphatic heterocycles. The minimum atomic E-state index is -4.57. The number of anilines is 1. The fourth-order valence-electron chi connectivity index (χ4n) is 4.00. The molecule has 0 amide bonds. The van der Waals surface area contributed by atoms with Crippen molar-refractivity contribution in [3.63, 3.8) is 0 Å². The summed E-state index contributed by atoms with van der Waals surface area (Å²) in [5.74, 6) is -2.86. The molecule has 192 valence electrons. The van der Waals surface area contributed by atoms with Gasteiger partial charge in [0.1, 0.15) is 14.2 Å². The van der Waals surface area contributed by atoms with E-state index in [1.165, 1.54) is 23.5 Å². The molecule has 37 heavy (non-hydrogen) atoms. The average molecular weight is 553 g/mol. The maximum Gasteiger partial charge on any atom is 0.449 e. The maximum absolute atomic E-state index is 14.4. The van der Waals surface area contributed by atoms with E-state index in [2.05, 4.69) is 0 Å². The van der Waals surface area contributed by atoms with Gasteiger partial charge in [-0.3, -0.25) is 9.36 Å². The minimum Gasteiger partial charge on any atom is -0.450 e. The van der Waals surface area contributed by atoms with E-state index in [1.807, 2.05) is 6.92 Å². The topological polar surface area (TPSA) is 42.3 Å². The molecule has 4 heterocycles. The summed E-state index contributed by atoms with van der Waals surface area (Å²) in [4.78, 5) is 15.1. The number of hydrogen-bond acceptors (Lipinski definition) is 5. The number of aromatic nitrogens is 2. The van der Waals surface area contributed by atoms with Gasteiger partial charge in [0.25, 0.3) is 5.56 Å². The van der Waals surface area contributed by atoms with Crippen LogP contribution in [0.3, 0.4) is 0 Å². The molecule has 0 aliphatic carbocycles. The summed E-state index contributed by atoms with van der Waals surface area (Å²) in [6, 6.07) is 9.98. The number of rotatable bonds is 4. The molecule has 1 aromatic carbocycles. The van der Waals surface area contributed by atoms with Gasteiger partial charge in [-0.15, -0.1) is 11.3 Å². The number of alkyl halides is 3. The Morgan fingerprint density at radius 3 is 2.59 bits per heavy atom. The van der Waals surface area contributed by atoms with Crippen molar-refractivity contribution in [3.8, 4) is 0 Å². The average Bonchev–Trinajstić information content (AvgIpc) is 3.54. The third-order valence-corrected chi connectivity index (χ3v) is 8.34. The first-order chi connectivity index (χ1) is 17.6. The fraction of sp³-hybridized carbons (Fsp3) is 0.200. The highest BCUT2D eigenvalue weighted by molar-refractivity contribution is 8.08. The van der Waals surface area contributed by atoms with Gasteiger partial charge in [-0.2, -0.15) is 17.7 Å². The number of thiazole rings is 1. The van der Waals surface area contributed by atoms with Gasteiger partial charge in [0.2, 0.25) is 18.0 Å². The van der Waals surface area contributed by atoms with E-state index < -0.39 is 23.6 Å². The van der Waals surface area contributed by atoms with Crippen molar-refractivity contribution in [2.45, 2.75) is 31.1 Å². The quantitative estimate of drug-likeness (QED) is 0.280. The lowest BCUT2D eigenvalue weighted by molar-refractivity contribution is -0.691. The van der Waals surface area contributed by atoms with Crippen LogP contribution >= 0.6 is 23.1 Å². The monoisotopic (exact) mass is 552 g/mol. The predicted molar refractivity (Wildman–Crippen MR) is 131 cm³/mol. The van der Waals surface area contributed by atoms with Gasteiger partial charge in [0.15, 0.2) is 23.6 Å². The van der Waals surface area contributed by atoms with Gasteiger partial charge < -0.3 is 9.32 Å². The van der Waals surface area contributed by atoms with E-state index in [0.29, 0.717) is 32.2 Å². The molecule has 0 spiro atoms. The van der Waals surface area contributed by atoms with Crippen molar-refractivity contribution < 1.29 is 30.9 Å². The molecule has 0 atom stereocenters. The highest BCUT2D eigenvalue weighted by Crippen LogP contribution is 2.47. The zero-order valence-electron chi connectivity index (χ0n) is 19.5. The molecular formula is C25H19F5N3O2S2+. The summed E-state index contributed by atoms with van der Waals surface area (Å²) in [6.07, 6.45) is -1.11. The highest BCUT2D eigenvalue weighted by Gasteiger charge is 2.35. The number of furan rings is 1. The van der Waals surface area contributed by atoms with Crippen LogP contribution in [0.4, 0.5) is 27.6 Å². The van der Waals surface area contributed by atoms with E-state index in [1.54, 1.807) is 51.6 Å². The van der Waals surface area contributed by atoms with Crippen LogP contribution < -0.4 is 24.2 Å². The maximum atomic E-state index is 14.4. The molecule has 5 nitrogen and oxygen atoms in total. The Labute approximate surface area is 215 Å². The van der Waals surface area contributed by atoms with Crippen LogP contribution in [0.15, 0.2) is 62.8 Å². The van der Waals surface area contributed by atoms with E-state index in [0.717, 1.165) is 23.9 Å².